The second kappa shape index (κ2) is 4.95. The number of rotatable bonds is 3. The van der Waals surface area contributed by atoms with E-state index in [4.69, 9.17) is 14.2 Å². The van der Waals surface area contributed by atoms with Crippen LogP contribution in [0.25, 0.3) is 0 Å². The lowest BCUT2D eigenvalue weighted by Crippen LogP contribution is -2.35. The highest BCUT2D eigenvalue weighted by molar-refractivity contribution is 5.34. The fraction of sp³-hybridized carbons (Fsp3) is 0.714. The Labute approximate surface area is 118 Å². The van der Waals surface area contributed by atoms with E-state index in [-0.39, 0.29) is 24.5 Å². The van der Waals surface area contributed by atoms with Crippen molar-refractivity contribution in [3.8, 4) is 0 Å². The molecule has 0 bridgehead atoms. The summed E-state index contributed by atoms with van der Waals surface area (Å²) in [4.78, 5) is 8.43. The van der Waals surface area contributed by atoms with Gasteiger partial charge in [-0.15, -0.1) is 0 Å². The molecule has 0 spiro atoms. The Kier molecular flexibility index (Phi) is 3.40. The zero-order valence-corrected chi connectivity index (χ0v) is 12.3. The fourth-order valence-corrected chi connectivity index (χ4v) is 2.81. The van der Waals surface area contributed by atoms with Gasteiger partial charge in [0.05, 0.1) is 6.10 Å². The maximum atomic E-state index is 5.99. The van der Waals surface area contributed by atoms with Gasteiger partial charge in [0.1, 0.15) is 23.9 Å². The van der Waals surface area contributed by atoms with Crippen molar-refractivity contribution in [2.24, 2.45) is 0 Å². The monoisotopic (exact) mass is 279 g/mol. The number of hydrogen-bond donors (Lipinski definition) is 1. The van der Waals surface area contributed by atoms with Crippen LogP contribution >= 0.6 is 0 Å². The van der Waals surface area contributed by atoms with Crippen molar-refractivity contribution in [3.63, 3.8) is 0 Å². The SMILES string of the molecule is CC[C@H]1O[C@@H](Nc2ccnc(C)n2)C2OC(C)(C)O[C@H]21. The lowest BCUT2D eigenvalue weighted by atomic mass is 10.1. The number of anilines is 1. The molecule has 6 heteroatoms. The number of ether oxygens (including phenoxy) is 3. The summed E-state index contributed by atoms with van der Waals surface area (Å²) >= 11 is 0. The van der Waals surface area contributed by atoms with E-state index < -0.39 is 5.79 Å². The summed E-state index contributed by atoms with van der Waals surface area (Å²) in [7, 11) is 0. The summed E-state index contributed by atoms with van der Waals surface area (Å²) < 4.78 is 17.9. The summed E-state index contributed by atoms with van der Waals surface area (Å²) in [5.41, 5.74) is 0. The summed E-state index contributed by atoms with van der Waals surface area (Å²) in [6.45, 7) is 7.82. The van der Waals surface area contributed by atoms with E-state index in [9.17, 15) is 0 Å². The Bertz CT molecular complexity index is 494. The zero-order valence-electron chi connectivity index (χ0n) is 12.3. The minimum absolute atomic E-state index is 0.0320. The molecule has 2 aliphatic heterocycles. The predicted molar refractivity (Wildman–Crippen MR) is 73.2 cm³/mol. The molecule has 2 fully saturated rings. The van der Waals surface area contributed by atoms with Crippen LogP contribution in [0.3, 0.4) is 0 Å². The van der Waals surface area contributed by atoms with Crippen molar-refractivity contribution in [2.45, 2.75) is 64.4 Å². The molecular formula is C14H21N3O3. The first-order valence-electron chi connectivity index (χ1n) is 7.06. The third kappa shape index (κ3) is 2.51. The average Bonchev–Trinajstić information content (AvgIpc) is 2.84. The van der Waals surface area contributed by atoms with Gasteiger partial charge in [0, 0.05) is 6.20 Å². The highest BCUT2D eigenvalue weighted by atomic mass is 16.8. The molecule has 0 radical (unpaired) electrons. The molecule has 1 unspecified atom stereocenters. The Balaban J connectivity index is 1.77. The molecule has 3 rings (SSSR count). The van der Waals surface area contributed by atoms with E-state index in [2.05, 4.69) is 22.2 Å². The minimum atomic E-state index is -0.561. The molecule has 1 aromatic rings. The molecule has 6 nitrogen and oxygen atoms in total. The van der Waals surface area contributed by atoms with E-state index in [1.807, 2.05) is 26.8 Å². The summed E-state index contributed by atoms with van der Waals surface area (Å²) in [5, 5.41) is 3.28. The topological polar surface area (TPSA) is 65.5 Å². The molecule has 20 heavy (non-hydrogen) atoms. The lowest BCUT2D eigenvalue weighted by molar-refractivity contribution is -0.184. The van der Waals surface area contributed by atoms with Crippen LogP contribution in [-0.2, 0) is 14.2 Å². The Morgan fingerprint density at radius 2 is 2.05 bits per heavy atom. The molecule has 1 aromatic heterocycles. The van der Waals surface area contributed by atoms with Gasteiger partial charge in [0.2, 0.25) is 0 Å². The smallest absolute Gasteiger partial charge is 0.164 e. The Hall–Kier alpha value is -1.24. The van der Waals surface area contributed by atoms with E-state index in [1.165, 1.54) is 0 Å². The molecule has 2 aliphatic rings. The summed E-state index contributed by atoms with van der Waals surface area (Å²) in [6, 6.07) is 1.82. The van der Waals surface area contributed by atoms with Crippen molar-refractivity contribution >= 4 is 5.82 Å². The molecule has 110 valence electrons. The van der Waals surface area contributed by atoms with Gasteiger partial charge in [0.25, 0.3) is 0 Å². The van der Waals surface area contributed by atoms with Crippen molar-refractivity contribution in [1.82, 2.24) is 9.97 Å². The predicted octanol–water partition coefficient (Wildman–Crippen LogP) is 1.85. The fourth-order valence-electron chi connectivity index (χ4n) is 2.81. The number of aromatic nitrogens is 2. The molecule has 0 aromatic carbocycles. The minimum Gasteiger partial charge on any atom is -0.350 e. The quantitative estimate of drug-likeness (QED) is 0.911. The van der Waals surface area contributed by atoms with Gasteiger partial charge in [-0.25, -0.2) is 9.97 Å². The second-order valence-corrected chi connectivity index (χ2v) is 5.70. The maximum Gasteiger partial charge on any atom is 0.164 e. The largest absolute Gasteiger partial charge is 0.350 e. The third-order valence-electron chi connectivity index (χ3n) is 3.62. The van der Waals surface area contributed by atoms with Crippen LogP contribution in [0.1, 0.15) is 33.0 Å². The molecular weight excluding hydrogens is 258 g/mol. The zero-order chi connectivity index (χ0) is 14.3. The molecule has 1 N–H and O–H groups in total. The van der Waals surface area contributed by atoms with Crippen LogP contribution in [-0.4, -0.2) is 40.3 Å². The Morgan fingerprint density at radius 3 is 2.75 bits per heavy atom. The number of hydrogen-bond acceptors (Lipinski definition) is 6. The second-order valence-electron chi connectivity index (χ2n) is 5.70. The Morgan fingerprint density at radius 1 is 1.30 bits per heavy atom. The van der Waals surface area contributed by atoms with Crippen LogP contribution in [0, 0.1) is 6.92 Å². The van der Waals surface area contributed by atoms with Gasteiger partial charge in [-0.1, -0.05) is 6.92 Å². The van der Waals surface area contributed by atoms with Gasteiger partial charge in [0.15, 0.2) is 12.0 Å². The highest BCUT2D eigenvalue weighted by Gasteiger charge is 2.54. The van der Waals surface area contributed by atoms with Crippen LogP contribution in [0.15, 0.2) is 12.3 Å². The van der Waals surface area contributed by atoms with E-state index in [0.717, 1.165) is 18.1 Å². The first-order valence-corrected chi connectivity index (χ1v) is 7.06. The molecule has 0 amide bonds. The normalized spacial score (nSPS) is 35.0. The number of fused-ring (bicyclic) bond motifs is 1. The molecule has 3 heterocycles. The standard InChI is InChI=1S/C14H21N3O3/c1-5-9-11-12(20-14(3,4)19-11)13(18-9)17-10-6-7-15-8(2)16-10/h6-7,9,11-13H,5H2,1-4H3,(H,15,16,17)/t9-,11+,12?,13-/m1/s1. The van der Waals surface area contributed by atoms with Crippen molar-refractivity contribution in [2.75, 3.05) is 5.32 Å². The van der Waals surface area contributed by atoms with Crippen LogP contribution in [0.4, 0.5) is 5.82 Å². The van der Waals surface area contributed by atoms with Gasteiger partial charge in [-0.3, -0.25) is 0 Å². The maximum absolute atomic E-state index is 5.99. The summed E-state index contributed by atoms with van der Waals surface area (Å²) in [5.74, 6) is 0.903. The van der Waals surface area contributed by atoms with Crippen LogP contribution in [0.2, 0.25) is 0 Å². The average molecular weight is 279 g/mol. The van der Waals surface area contributed by atoms with E-state index in [1.54, 1.807) is 6.20 Å². The van der Waals surface area contributed by atoms with E-state index in [0.29, 0.717) is 0 Å². The number of nitrogens with one attached hydrogen (secondary N) is 1. The molecule has 0 saturated carbocycles. The van der Waals surface area contributed by atoms with Gasteiger partial charge in [-0.05, 0) is 33.3 Å². The van der Waals surface area contributed by atoms with Crippen molar-refractivity contribution in [3.05, 3.63) is 18.1 Å². The van der Waals surface area contributed by atoms with E-state index >= 15 is 0 Å². The number of aryl methyl sites for hydroxylation is 1. The van der Waals surface area contributed by atoms with Gasteiger partial charge < -0.3 is 19.5 Å². The molecule has 2 saturated heterocycles. The van der Waals surface area contributed by atoms with Gasteiger partial charge in [-0.2, -0.15) is 0 Å². The number of nitrogens with zero attached hydrogens (tertiary/aromatic N) is 2. The van der Waals surface area contributed by atoms with Crippen LogP contribution < -0.4 is 5.32 Å². The highest BCUT2D eigenvalue weighted by Crippen LogP contribution is 2.39. The van der Waals surface area contributed by atoms with Crippen molar-refractivity contribution < 1.29 is 14.2 Å². The van der Waals surface area contributed by atoms with Crippen LogP contribution in [0.5, 0.6) is 0 Å². The lowest BCUT2D eigenvalue weighted by Gasteiger charge is -2.24. The third-order valence-corrected chi connectivity index (χ3v) is 3.62. The first-order chi connectivity index (χ1) is 9.48. The molecule has 4 atom stereocenters. The molecule has 0 aliphatic carbocycles. The summed E-state index contributed by atoms with van der Waals surface area (Å²) in [6.07, 6.45) is 2.26. The van der Waals surface area contributed by atoms with Crippen molar-refractivity contribution in [1.29, 1.82) is 0 Å². The van der Waals surface area contributed by atoms with Gasteiger partial charge >= 0.3 is 0 Å². The first kappa shape index (κ1) is 13.7.